The molecular weight excluding hydrogens is 236 g/mol. The second-order valence-electron chi connectivity index (χ2n) is 6.35. The van der Waals surface area contributed by atoms with Gasteiger partial charge in [-0.3, -0.25) is 0 Å². The SMILES string of the molecule is CC(C)C(CNC(=O)NC(C)(C)C)c1ccccc1. The molecule has 0 fully saturated rings. The zero-order chi connectivity index (χ0) is 14.5. The summed E-state index contributed by atoms with van der Waals surface area (Å²) in [6.45, 7) is 10.9. The van der Waals surface area contributed by atoms with Crippen molar-refractivity contribution in [3.8, 4) is 0 Å². The Morgan fingerprint density at radius 1 is 1.16 bits per heavy atom. The molecule has 1 unspecified atom stereocenters. The third kappa shape index (κ3) is 5.77. The number of carbonyl (C=O) groups is 1. The number of rotatable bonds is 4. The molecule has 0 aliphatic rings. The smallest absolute Gasteiger partial charge is 0.315 e. The summed E-state index contributed by atoms with van der Waals surface area (Å²) in [5.41, 5.74) is 1.07. The Hall–Kier alpha value is -1.51. The fourth-order valence-corrected chi connectivity index (χ4v) is 2.03. The average Bonchev–Trinajstić information content (AvgIpc) is 2.27. The third-order valence-corrected chi connectivity index (χ3v) is 3.00. The first kappa shape index (κ1) is 15.5. The van der Waals surface area contributed by atoms with Crippen LogP contribution in [0.15, 0.2) is 30.3 Å². The lowest BCUT2D eigenvalue weighted by Crippen LogP contribution is -2.47. The monoisotopic (exact) mass is 262 g/mol. The Morgan fingerprint density at radius 3 is 2.21 bits per heavy atom. The van der Waals surface area contributed by atoms with Crippen molar-refractivity contribution < 1.29 is 4.79 Å². The first-order valence-corrected chi connectivity index (χ1v) is 6.90. The molecule has 0 saturated carbocycles. The molecule has 0 bridgehead atoms. The number of carbonyl (C=O) groups excluding carboxylic acids is 1. The van der Waals surface area contributed by atoms with Crippen LogP contribution in [0.3, 0.4) is 0 Å². The predicted molar refractivity (Wildman–Crippen MR) is 80.3 cm³/mol. The maximum atomic E-state index is 11.8. The molecular formula is C16H26N2O. The van der Waals surface area contributed by atoms with Gasteiger partial charge in [-0.05, 0) is 32.3 Å². The molecule has 0 aliphatic carbocycles. The highest BCUT2D eigenvalue weighted by atomic mass is 16.2. The van der Waals surface area contributed by atoms with Gasteiger partial charge in [0.2, 0.25) is 0 Å². The fourth-order valence-electron chi connectivity index (χ4n) is 2.03. The first-order chi connectivity index (χ1) is 8.79. The molecule has 1 aromatic carbocycles. The standard InChI is InChI=1S/C16H26N2O/c1-12(2)14(13-9-7-6-8-10-13)11-17-15(19)18-16(3,4)5/h6-10,12,14H,11H2,1-5H3,(H2,17,18,19). The molecule has 0 saturated heterocycles. The van der Waals surface area contributed by atoms with Gasteiger partial charge in [-0.2, -0.15) is 0 Å². The summed E-state index contributed by atoms with van der Waals surface area (Å²) in [6, 6.07) is 10.2. The summed E-state index contributed by atoms with van der Waals surface area (Å²) >= 11 is 0. The Labute approximate surface area is 116 Å². The average molecular weight is 262 g/mol. The summed E-state index contributed by atoms with van der Waals surface area (Å²) in [6.07, 6.45) is 0. The molecule has 19 heavy (non-hydrogen) atoms. The Kier molecular flexibility index (Phi) is 5.40. The second-order valence-corrected chi connectivity index (χ2v) is 6.35. The molecule has 0 radical (unpaired) electrons. The Bertz CT molecular complexity index is 393. The Morgan fingerprint density at radius 2 is 1.74 bits per heavy atom. The highest BCUT2D eigenvalue weighted by Crippen LogP contribution is 2.23. The van der Waals surface area contributed by atoms with E-state index in [0.717, 1.165) is 0 Å². The summed E-state index contributed by atoms with van der Waals surface area (Å²) in [7, 11) is 0. The van der Waals surface area contributed by atoms with Gasteiger partial charge in [0.15, 0.2) is 0 Å². The predicted octanol–water partition coefficient (Wildman–Crippen LogP) is 3.52. The van der Waals surface area contributed by atoms with Crippen molar-refractivity contribution in [3.05, 3.63) is 35.9 Å². The molecule has 1 aromatic rings. The van der Waals surface area contributed by atoms with Crippen molar-refractivity contribution in [3.63, 3.8) is 0 Å². The minimum absolute atomic E-state index is 0.103. The highest BCUT2D eigenvalue weighted by molar-refractivity contribution is 5.74. The van der Waals surface area contributed by atoms with Gasteiger partial charge in [-0.25, -0.2) is 4.79 Å². The molecule has 1 atom stereocenters. The first-order valence-electron chi connectivity index (χ1n) is 6.90. The van der Waals surface area contributed by atoms with E-state index in [1.54, 1.807) is 0 Å². The molecule has 2 N–H and O–H groups in total. The van der Waals surface area contributed by atoms with Crippen LogP contribution in [0.1, 0.15) is 46.1 Å². The van der Waals surface area contributed by atoms with E-state index in [-0.39, 0.29) is 11.6 Å². The van der Waals surface area contributed by atoms with Gasteiger partial charge in [-0.15, -0.1) is 0 Å². The lowest BCUT2D eigenvalue weighted by atomic mass is 9.88. The van der Waals surface area contributed by atoms with Crippen molar-refractivity contribution in [1.29, 1.82) is 0 Å². The van der Waals surface area contributed by atoms with E-state index >= 15 is 0 Å². The van der Waals surface area contributed by atoms with Crippen LogP contribution in [0.4, 0.5) is 4.79 Å². The highest BCUT2D eigenvalue weighted by Gasteiger charge is 2.18. The topological polar surface area (TPSA) is 41.1 Å². The van der Waals surface area contributed by atoms with Crippen LogP contribution in [0.5, 0.6) is 0 Å². The van der Waals surface area contributed by atoms with Crippen molar-refractivity contribution in [2.75, 3.05) is 6.54 Å². The van der Waals surface area contributed by atoms with Crippen LogP contribution in [0.2, 0.25) is 0 Å². The number of amides is 2. The third-order valence-electron chi connectivity index (χ3n) is 3.00. The number of hydrogen-bond donors (Lipinski definition) is 2. The summed E-state index contributed by atoms with van der Waals surface area (Å²) in [5.74, 6) is 0.823. The van der Waals surface area contributed by atoms with Crippen molar-refractivity contribution in [1.82, 2.24) is 10.6 Å². The van der Waals surface area contributed by atoms with Crippen molar-refractivity contribution in [2.24, 2.45) is 5.92 Å². The summed E-state index contributed by atoms with van der Waals surface area (Å²) in [5, 5.41) is 5.88. The van der Waals surface area contributed by atoms with Crippen LogP contribution in [0, 0.1) is 5.92 Å². The Balaban J connectivity index is 2.59. The van der Waals surface area contributed by atoms with Crippen LogP contribution in [0.25, 0.3) is 0 Å². The van der Waals surface area contributed by atoms with Crippen molar-refractivity contribution in [2.45, 2.75) is 46.1 Å². The largest absolute Gasteiger partial charge is 0.338 e. The van der Waals surface area contributed by atoms with Gasteiger partial charge in [0, 0.05) is 18.0 Å². The van der Waals surface area contributed by atoms with E-state index in [9.17, 15) is 4.79 Å². The number of nitrogens with one attached hydrogen (secondary N) is 2. The van der Waals surface area contributed by atoms with Gasteiger partial charge in [0.25, 0.3) is 0 Å². The lowest BCUT2D eigenvalue weighted by Gasteiger charge is -2.25. The minimum Gasteiger partial charge on any atom is -0.338 e. The number of urea groups is 1. The maximum Gasteiger partial charge on any atom is 0.315 e. The van der Waals surface area contributed by atoms with E-state index in [0.29, 0.717) is 18.4 Å². The quantitative estimate of drug-likeness (QED) is 0.856. The van der Waals surface area contributed by atoms with Gasteiger partial charge in [0.05, 0.1) is 0 Å². The fraction of sp³-hybridized carbons (Fsp3) is 0.562. The van der Waals surface area contributed by atoms with Gasteiger partial charge >= 0.3 is 6.03 Å². The number of benzene rings is 1. The van der Waals surface area contributed by atoms with Crippen LogP contribution < -0.4 is 10.6 Å². The zero-order valence-electron chi connectivity index (χ0n) is 12.7. The molecule has 3 nitrogen and oxygen atoms in total. The van der Waals surface area contributed by atoms with E-state index in [1.165, 1.54) is 5.56 Å². The normalized spacial score (nSPS) is 13.2. The van der Waals surface area contributed by atoms with Crippen LogP contribution >= 0.6 is 0 Å². The molecule has 2 amide bonds. The van der Waals surface area contributed by atoms with Crippen LogP contribution in [-0.2, 0) is 0 Å². The lowest BCUT2D eigenvalue weighted by molar-refractivity contribution is 0.230. The van der Waals surface area contributed by atoms with Gasteiger partial charge in [-0.1, -0.05) is 44.2 Å². The van der Waals surface area contributed by atoms with Crippen LogP contribution in [-0.4, -0.2) is 18.1 Å². The number of hydrogen-bond acceptors (Lipinski definition) is 1. The molecule has 0 aromatic heterocycles. The molecule has 1 rings (SSSR count). The molecule has 0 aliphatic heterocycles. The van der Waals surface area contributed by atoms with Gasteiger partial charge < -0.3 is 10.6 Å². The van der Waals surface area contributed by atoms with E-state index in [4.69, 9.17) is 0 Å². The van der Waals surface area contributed by atoms with E-state index in [2.05, 4.69) is 36.6 Å². The molecule has 106 valence electrons. The van der Waals surface area contributed by atoms with E-state index in [1.807, 2.05) is 39.0 Å². The zero-order valence-corrected chi connectivity index (χ0v) is 12.7. The molecule has 0 spiro atoms. The van der Waals surface area contributed by atoms with Crippen molar-refractivity contribution >= 4 is 6.03 Å². The maximum absolute atomic E-state index is 11.8. The van der Waals surface area contributed by atoms with E-state index < -0.39 is 0 Å². The molecule has 3 heteroatoms. The van der Waals surface area contributed by atoms with Gasteiger partial charge in [0.1, 0.15) is 0 Å². The summed E-state index contributed by atoms with van der Waals surface area (Å²) < 4.78 is 0. The summed E-state index contributed by atoms with van der Waals surface area (Å²) in [4.78, 5) is 11.8. The second kappa shape index (κ2) is 6.60. The minimum atomic E-state index is -0.204. The molecule has 0 heterocycles.